The van der Waals surface area contributed by atoms with Crippen LogP contribution in [0.15, 0.2) is 77.6 Å². The Labute approximate surface area is 155 Å². The summed E-state index contributed by atoms with van der Waals surface area (Å²) in [7, 11) is 1.35. The molecule has 5 heteroatoms. The molecular formula is C22H16N2O3. The zero-order chi connectivity index (χ0) is 18.8. The van der Waals surface area contributed by atoms with Gasteiger partial charge in [0.05, 0.1) is 23.6 Å². The maximum atomic E-state index is 12.4. The van der Waals surface area contributed by atoms with Gasteiger partial charge in [-0.25, -0.2) is 9.78 Å². The van der Waals surface area contributed by atoms with Gasteiger partial charge in [-0.2, -0.15) is 0 Å². The van der Waals surface area contributed by atoms with Gasteiger partial charge >= 0.3 is 5.97 Å². The Balaban J connectivity index is 1.90. The zero-order valence-electron chi connectivity index (χ0n) is 14.6. The minimum absolute atomic E-state index is 0.186. The lowest BCUT2D eigenvalue weighted by atomic mass is 9.97. The second kappa shape index (κ2) is 6.88. The van der Waals surface area contributed by atoms with Gasteiger partial charge < -0.3 is 9.72 Å². The van der Waals surface area contributed by atoms with Crippen molar-refractivity contribution in [2.45, 2.75) is 0 Å². The number of carbonyl (C=O) groups excluding carboxylic acids is 1. The molecule has 1 N–H and O–H groups in total. The molecule has 3 aromatic carbocycles. The number of carbonyl (C=O) groups is 1. The fourth-order valence-electron chi connectivity index (χ4n) is 3.09. The maximum Gasteiger partial charge on any atom is 0.337 e. The molecule has 0 amide bonds. The van der Waals surface area contributed by atoms with E-state index in [9.17, 15) is 9.59 Å². The molecule has 1 heterocycles. The predicted molar refractivity (Wildman–Crippen MR) is 105 cm³/mol. The number of nitrogens with zero attached hydrogens (tertiary/aromatic N) is 1. The quantitative estimate of drug-likeness (QED) is 0.562. The van der Waals surface area contributed by atoms with E-state index < -0.39 is 5.97 Å². The van der Waals surface area contributed by atoms with E-state index in [0.29, 0.717) is 22.3 Å². The van der Waals surface area contributed by atoms with Gasteiger partial charge in [-0.3, -0.25) is 4.79 Å². The number of nitrogens with one attached hydrogen (secondary N) is 1. The molecule has 5 nitrogen and oxygen atoms in total. The molecule has 4 aromatic rings. The van der Waals surface area contributed by atoms with Crippen LogP contribution in [-0.2, 0) is 4.74 Å². The highest BCUT2D eigenvalue weighted by Crippen LogP contribution is 2.30. The molecule has 0 aliphatic rings. The first kappa shape index (κ1) is 16.7. The van der Waals surface area contributed by atoms with Crippen LogP contribution in [0.2, 0.25) is 0 Å². The van der Waals surface area contributed by atoms with Crippen molar-refractivity contribution < 1.29 is 9.53 Å². The summed E-state index contributed by atoms with van der Waals surface area (Å²) >= 11 is 0. The fourth-order valence-corrected chi connectivity index (χ4v) is 3.09. The van der Waals surface area contributed by atoms with E-state index in [2.05, 4.69) is 9.97 Å². The Morgan fingerprint density at radius 2 is 1.67 bits per heavy atom. The highest BCUT2D eigenvalue weighted by atomic mass is 16.5. The minimum Gasteiger partial charge on any atom is -0.465 e. The molecule has 0 saturated heterocycles. The highest BCUT2D eigenvalue weighted by Gasteiger charge is 2.13. The molecule has 0 aliphatic heterocycles. The zero-order valence-corrected chi connectivity index (χ0v) is 14.6. The second-order valence-corrected chi connectivity index (χ2v) is 6.05. The molecule has 0 unspecified atom stereocenters. The first-order chi connectivity index (χ1) is 13.2. The monoisotopic (exact) mass is 356 g/mol. The molecule has 27 heavy (non-hydrogen) atoms. The van der Waals surface area contributed by atoms with Gasteiger partial charge in [-0.05, 0) is 35.4 Å². The third-order valence-corrected chi connectivity index (χ3v) is 4.39. The molecule has 1 aromatic heterocycles. The summed E-state index contributed by atoms with van der Waals surface area (Å²) in [5, 5.41) is 0.548. The number of benzene rings is 3. The van der Waals surface area contributed by atoms with Crippen LogP contribution in [0.1, 0.15) is 10.4 Å². The first-order valence-corrected chi connectivity index (χ1v) is 8.44. The molecule has 0 saturated carbocycles. The predicted octanol–water partition coefficient (Wildman–Crippen LogP) is 4.04. The average Bonchev–Trinajstić information content (AvgIpc) is 2.73. The van der Waals surface area contributed by atoms with Crippen LogP contribution in [0.5, 0.6) is 0 Å². The van der Waals surface area contributed by atoms with Gasteiger partial charge in [-0.1, -0.05) is 48.5 Å². The van der Waals surface area contributed by atoms with E-state index in [4.69, 9.17) is 4.74 Å². The van der Waals surface area contributed by atoms with Gasteiger partial charge in [0.15, 0.2) is 0 Å². The van der Waals surface area contributed by atoms with Crippen LogP contribution < -0.4 is 5.56 Å². The van der Waals surface area contributed by atoms with Crippen LogP contribution in [0.4, 0.5) is 0 Å². The van der Waals surface area contributed by atoms with Crippen molar-refractivity contribution in [2.24, 2.45) is 0 Å². The van der Waals surface area contributed by atoms with Crippen molar-refractivity contribution in [3.63, 3.8) is 0 Å². The SMILES string of the molecule is COC(=O)c1cccc(-c2ccccc2-c2nc3ccccc3c(=O)[nH]2)c1. The molecule has 0 aliphatic carbocycles. The number of ether oxygens (including phenoxy) is 1. The van der Waals surface area contributed by atoms with Crippen molar-refractivity contribution in [1.29, 1.82) is 0 Å². The molecule has 0 spiro atoms. The smallest absolute Gasteiger partial charge is 0.337 e. The summed E-state index contributed by atoms with van der Waals surface area (Å²) in [6.07, 6.45) is 0. The van der Waals surface area contributed by atoms with Crippen LogP contribution >= 0.6 is 0 Å². The summed E-state index contributed by atoms with van der Waals surface area (Å²) in [4.78, 5) is 31.8. The van der Waals surface area contributed by atoms with E-state index in [1.54, 1.807) is 24.3 Å². The number of esters is 1. The van der Waals surface area contributed by atoms with Gasteiger partial charge in [0.2, 0.25) is 0 Å². The number of fused-ring (bicyclic) bond motifs is 1. The van der Waals surface area contributed by atoms with Gasteiger partial charge in [0, 0.05) is 5.56 Å². The van der Waals surface area contributed by atoms with E-state index in [0.717, 1.165) is 16.7 Å². The van der Waals surface area contributed by atoms with Crippen LogP contribution in [0.25, 0.3) is 33.4 Å². The molecule has 0 fully saturated rings. The average molecular weight is 356 g/mol. The van der Waals surface area contributed by atoms with Crippen molar-refractivity contribution in [3.05, 3.63) is 88.7 Å². The molecule has 0 bridgehead atoms. The summed E-state index contributed by atoms with van der Waals surface area (Å²) in [6, 6.07) is 22.0. The van der Waals surface area contributed by atoms with Crippen molar-refractivity contribution in [1.82, 2.24) is 9.97 Å². The number of para-hydroxylation sites is 1. The minimum atomic E-state index is -0.397. The van der Waals surface area contributed by atoms with Crippen molar-refractivity contribution >= 4 is 16.9 Å². The number of aromatic nitrogens is 2. The van der Waals surface area contributed by atoms with E-state index in [1.807, 2.05) is 48.5 Å². The third-order valence-electron chi connectivity index (χ3n) is 4.39. The largest absolute Gasteiger partial charge is 0.465 e. The Hall–Kier alpha value is -3.73. The standard InChI is InChI=1S/C22H16N2O3/c1-27-22(26)15-8-6-7-14(13-15)16-9-2-3-10-17(16)20-23-19-12-5-4-11-18(19)21(25)24-20/h2-13H,1H3,(H,23,24,25). The lowest BCUT2D eigenvalue weighted by Crippen LogP contribution is -2.09. The fraction of sp³-hybridized carbons (Fsp3) is 0.0455. The normalized spacial score (nSPS) is 10.7. The van der Waals surface area contributed by atoms with E-state index in [1.165, 1.54) is 7.11 Å². The Kier molecular flexibility index (Phi) is 4.26. The van der Waals surface area contributed by atoms with Crippen LogP contribution in [-0.4, -0.2) is 23.0 Å². The second-order valence-electron chi connectivity index (χ2n) is 6.05. The summed E-state index contributed by atoms with van der Waals surface area (Å²) < 4.78 is 4.81. The van der Waals surface area contributed by atoms with E-state index in [-0.39, 0.29) is 5.56 Å². The Bertz CT molecular complexity index is 1210. The Morgan fingerprint density at radius 1 is 0.926 bits per heavy atom. The highest BCUT2D eigenvalue weighted by molar-refractivity contribution is 5.92. The summed E-state index contributed by atoms with van der Waals surface area (Å²) in [6.45, 7) is 0. The molecule has 0 atom stereocenters. The molecule has 132 valence electrons. The Morgan fingerprint density at radius 3 is 2.48 bits per heavy atom. The van der Waals surface area contributed by atoms with Crippen molar-refractivity contribution in [3.8, 4) is 22.5 Å². The van der Waals surface area contributed by atoms with Crippen LogP contribution in [0.3, 0.4) is 0 Å². The first-order valence-electron chi connectivity index (χ1n) is 8.44. The lowest BCUT2D eigenvalue weighted by Gasteiger charge is -2.11. The topological polar surface area (TPSA) is 72.0 Å². The molecular weight excluding hydrogens is 340 g/mol. The lowest BCUT2D eigenvalue weighted by molar-refractivity contribution is 0.0601. The number of aromatic amines is 1. The van der Waals surface area contributed by atoms with Gasteiger partial charge in [-0.15, -0.1) is 0 Å². The number of hydrogen-bond acceptors (Lipinski definition) is 4. The maximum absolute atomic E-state index is 12.4. The van der Waals surface area contributed by atoms with E-state index >= 15 is 0 Å². The number of hydrogen-bond donors (Lipinski definition) is 1. The number of H-pyrrole nitrogens is 1. The molecule has 0 radical (unpaired) electrons. The van der Waals surface area contributed by atoms with Gasteiger partial charge in [0.1, 0.15) is 5.82 Å². The molecule has 4 rings (SSSR count). The van der Waals surface area contributed by atoms with Gasteiger partial charge in [0.25, 0.3) is 5.56 Å². The number of rotatable bonds is 3. The number of methoxy groups -OCH3 is 1. The summed E-state index contributed by atoms with van der Waals surface area (Å²) in [5.41, 5.74) is 3.39. The third kappa shape index (κ3) is 3.11. The van der Waals surface area contributed by atoms with Crippen molar-refractivity contribution in [2.75, 3.05) is 7.11 Å². The summed E-state index contributed by atoms with van der Waals surface area (Å²) in [5.74, 6) is 0.0874. The van der Waals surface area contributed by atoms with Crippen LogP contribution in [0, 0.1) is 0 Å².